The molecule has 0 amide bonds. The molecule has 0 aliphatic heterocycles. The van der Waals surface area contributed by atoms with Crippen molar-refractivity contribution in [3.05, 3.63) is 29.3 Å². The van der Waals surface area contributed by atoms with Crippen molar-refractivity contribution in [2.45, 2.75) is 59.3 Å². The van der Waals surface area contributed by atoms with Crippen LogP contribution in [0.4, 0.5) is 5.69 Å². The molecule has 0 aromatic heterocycles. The summed E-state index contributed by atoms with van der Waals surface area (Å²) in [6.45, 7) is 16.0. The van der Waals surface area contributed by atoms with Gasteiger partial charge in [-0.2, -0.15) is 0 Å². The van der Waals surface area contributed by atoms with Crippen LogP contribution in [-0.4, -0.2) is 13.0 Å². The summed E-state index contributed by atoms with van der Waals surface area (Å²) in [5.74, 6) is 0. The van der Waals surface area contributed by atoms with Crippen molar-refractivity contribution in [2.24, 2.45) is 4.99 Å². The Kier molecular flexibility index (Phi) is 4.78. The predicted octanol–water partition coefficient (Wildman–Crippen LogP) is 4.98. The predicted molar refractivity (Wildman–Crippen MR) is 83.6 cm³/mol. The van der Waals surface area contributed by atoms with Gasteiger partial charge in [-0.1, -0.05) is 47.6 Å². The monoisotopic (exact) mass is 261 g/mol. The van der Waals surface area contributed by atoms with Gasteiger partial charge in [0.1, 0.15) is 0 Å². The van der Waals surface area contributed by atoms with Gasteiger partial charge in [0.25, 0.3) is 0 Å². The van der Waals surface area contributed by atoms with Crippen molar-refractivity contribution in [2.75, 3.05) is 6.61 Å². The first-order valence-electron chi connectivity index (χ1n) is 6.95. The van der Waals surface area contributed by atoms with E-state index in [0.717, 1.165) is 5.69 Å². The van der Waals surface area contributed by atoms with Crippen molar-refractivity contribution >= 4 is 12.1 Å². The minimum absolute atomic E-state index is 0.122. The molecule has 0 aliphatic carbocycles. The molecule has 1 aromatic carbocycles. The smallest absolute Gasteiger partial charge is 0.174 e. The standard InChI is InChI=1S/C17H27NO/c1-8-19-12-18-15-10-13(16(2,3)4)9-14(11-15)17(5,6)7/h9-12H,8H2,1-7H3. The second-order valence-corrected chi connectivity index (χ2v) is 6.96. The fraction of sp³-hybridized carbons (Fsp3) is 0.588. The molecular weight excluding hydrogens is 234 g/mol. The second-order valence-electron chi connectivity index (χ2n) is 6.96. The maximum atomic E-state index is 5.20. The van der Waals surface area contributed by atoms with Crippen LogP contribution >= 0.6 is 0 Å². The van der Waals surface area contributed by atoms with E-state index in [1.54, 1.807) is 0 Å². The lowest BCUT2D eigenvalue weighted by atomic mass is 9.80. The zero-order valence-electron chi connectivity index (χ0n) is 13.4. The van der Waals surface area contributed by atoms with Crippen LogP contribution in [0.1, 0.15) is 59.6 Å². The molecule has 0 spiro atoms. The molecule has 0 N–H and O–H groups in total. The third-order valence-corrected chi connectivity index (χ3v) is 3.09. The van der Waals surface area contributed by atoms with Gasteiger partial charge in [0.05, 0.1) is 12.3 Å². The lowest BCUT2D eigenvalue weighted by molar-refractivity contribution is 0.344. The lowest BCUT2D eigenvalue weighted by Crippen LogP contribution is -2.16. The zero-order valence-corrected chi connectivity index (χ0v) is 13.4. The van der Waals surface area contributed by atoms with Crippen LogP contribution in [0.15, 0.2) is 23.2 Å². The summed E-state index contributed by atoms with van der Waals surface area (Å²) in [6.07, 6.45) is 1.54. The molecule has 1 rings (SSSR count). The van der Waals surface area contributed by atoms with E-state index in [1.165, 1.54) is 17.5 Å². The van der Waals surface area contributed by atoms with Gasteiger partial charge in [-0.3, -0.25) is 0 Å². The average molecular weight is 261 g/mol. The third-order valence-electron chi connectivity index (χ3n) is 3.09. The highest BCUT2D eigenvalue weighted by atomic mass is 16.5. The van der Waals surface area contributed by atoms with Gasteiger partial charge in [0.2, 0.25) is 0 Å². The summed E-state index contributed by atoms with van der Waals surface area (Å²) < 4.78 is 5.20. The number of hydrogen-bond acceptors (Lipinski definition) is 2. The average Bonchev–Trinajstić information content (AvgIpc) is 2.27. The molecule has 0 saturated heterocycles. The van der Waals surface area contributed by atoms with Crippen LogP contribution in [-0.2, 0) is 15.6 Å². The van der Waals surface area contributed by atoms with E-state index in [9.17, 15) is 0 Å². The Bertz CT molecular complexity index is 415. The molecule has 1 aromatic rings. The molecule has 0 fully saturated rings. The number of benzene rings is 1. The molecule has 0 saturated carbocycles. The first kappa shape index (κ1) is 15.7. The Hall–Kier alpha value is -1.31. The minimum Gasteiger partial charge on any atom is -0.483 e. The molecule has 0 heterocycles. The van der Waals surface area contributed by atoms with Crippen molar-refractivity contribution in [1.29, 1.82) is 0 Å². The highest BCUT2D eigenvalue weighted by molar-refractivity contribution is 5.58. The highest BCUT2D eigenvalue weighted by Gasteiger charge is 2.20. The summed E-state index contributed by atoms with van der Waals surface area (Å²) >= 11 is 0. The Morgan fingerprint density at radius 3 is 1.79 bits per heavy atom. The molecule has 2 heteroatoms. The summed E-state index contributed by atoms with van der Waals surface area (Å²) in [5.41, 5.74) is 3.83. The molecule has 2 nitrogen and oxygen atoms in total. The lowest BCUT2D eigenvalue weighted by Gasteiger charge is -2.25. The van der Waals surface area contributed by atoms with Gasteiger partial charge in [-0.25, -0.2) is 4.99 Å². The number of ether oxygens (including phenoxy) is 1. The van der Waals surface area contributed by atoms with Crippen LogP contribution in [0, 0.1) is 0 Å². The molecular formula is C17H27NO. The number of aliphatic imine (C=N–C) groups is 1. The van der Waals surface area contributed by atoms with Crippen molar-refractivity contribution < 1.29 is 4.74 Å². The van der Waals surface area contributed by atoms with Gasteiger partial charge < -0.3 is 4.74 Å². The van der Waals surface area contributed by atoms with E-state index < -0.39 is 0 Å². The van der Waals surface area contributed by atoms with Crippen LogP contribution < -0.4 is 0 Å². The zero-order chi connectivity index (χ0) is 14.7. The SMILES string of the molecule is CCOC=Nc1cc(C(C)(C)C)cc(C(C)(C)C)c1. The Morgan fingerprint density at radius 2 is 1.42 bits per heavy atom. The van der Waals surface area contributed by atoms with E-state index in [4.69, 9.17) is 4.74 Å². The number of rotatable bonds is 3. The Morgan fingerprint density at radius 1 is 0.947 bits per heavy atom. The van der Waals surface area contributed by atoms with E-state index in [1.807, 2.05) is 6.92 Å². The van der Waals surface area contributed by atoms with Gasteiger partial charge >= 0.3 is 0 Å². The fourth-order valence-corrected chi connectivity index (χ4v) is 1.72. The quantitative estimate of drug-likeness (QED) is 0.555. The molecule has 0 bridgehead atoms. The Balaban J connectivity index is 3.25. The minimum atomic E-state index is 0.122. The summed E-state index contributed by atoms with van der Waals surface area (Å²) in [7, 11) is 0. The van der Waals surface area contributed by atoms with Crippen LogP contribution in [0.2, 0.25) is 0 Å². The third kappa shape index (κ3) is 4.70. The van der Waals surface area contributed by atoms with Crippen molar-refractivity contribution in [3.8, 4) is 0 Å². The van der Waals surface area contributed by atoms with E-state index in [0.29, 0.717) is 6.61 Å². The largest absolute Gasteiger partial charge is 0.483 e. The summed E-state index contributed by atoms with van der Waals surface area (Å²) in [4.78, 5) is 4.40. The molecule has 0 aliphatic rings. The number of hydrogen-bond donors (Lipinski definition) is 0. The van der Waals surface area contributed by atoms with Gasteiger partial charge in [0, 0.05) is 0 Å². The van der Waals surface area contributed by atoms with E-state index in [-0.39, 0.29) is 10.8 Å². The first-order chi connectivity index (χ1) is 8.64. The normalized spacial score (nSPS) is 13.0. The molecule has 19 heavy (non-hydrogen) atoms. The van der Waals surface area contributed by atoms with Gasteiger partial charge in [0.15, 0.2) is 6.40 Å². The van der Waals surface area contributed by atoms with E-state index >= 15 is 0 Å². The van der Waals surface area contributed by atoms with Crippen LogP contribution in [0.5, 0.6) is 0 Å². The van der Waals surface area contributed by atoms with E-state index in [2.05, 4.69) is 64.7 Å². The summed E-state index contributed by atoms with van der Waals surface area (Å²) in [6, 6.07) is 6.58. The molecule has 0 unspecified atom stereocenters. The van der Waals surface area contributed by atoms with Crippen molar-refractivity contribution in [1.82, 2.24) is 0 Å². The maximum absolute atomic E-state index is 5.20. The first-order valence-corrected chi connectivity index (χ1v) is 6.95. The molecule has 106 valence electrons. The van der Waals surface area contributed by atoms with Crippen molar-refractivity contribution in [3.63, 3.8) is 0 Å². The molecule has 0 atom stereocenters. The van der Waals surface area contributed by atoms with Crippen LogP contribution in [0.3, 0.4) is 0 Å². The maximum Gasteiger partial charge on any atom is 0.174 e. The van der Waals surface area contributed by atoms with Gasteiger partial charge in [-0.15, -0.1) is 0 Å². The fourth-order valence-electron chi connectivity index (χ4n) is 1.72. The second kappa shape index (κ2) is 5.77. The topological polar surface area (TPSA) is 21.6 Å². The molecule has 0 radical (unpaired) electrons. The Labute approximate surface area is 117 Å². The number of nitrogens with zero attached hydrogens (tertiary/aromatic N) is 1. The van der Waals surface area contributed by atoms with Gasteiger partial charge in [-0.05, 0) is 41.0 Å². The summed E-state index contributed by atoms with van der Waals surface area (Å²) in [5, 5.41) is 0. The highest BCUT2D eigenvalue weighted by Crippen LogP contribution is 2.32. The van der Waals surface area contributed by atoms with Crippen LogP contribution in [0.25, 0.3) is 0 Å².